The number of hydrogen-bond donors (Lipinski definition) is 1. The minimum Gasteiger partial charge on any atom is -0.468 e. The maximum Gasteiger partial charge on any atom is 0.323 e. The van der Waals surface area contributed by atoms with Crippen molar-refractivity contribution >= 4 is 17.7 Å². The molecule has 94 valence electrons. The fourth-order valence-electron chi connectivity index (χ4n) is 1.40. The Balaban J connectivity index is 2.31. The molecule has 0 fully saturated rings. The molecule has 2 rings (SSSR count). The summed E-state index contributed by atoms with van der Waals surface area (Å²) in [6.45, 7) is 0. The first-order valence-corrected chi connectivity index (χ1v) is 5.95. The highest BCUT2D eigenvalue weighted by molar-refractivity contribution is 8.00. The number of carbonyl (C=O) groups is 1. The van der Waals surface area contributed by atoms with Crippen molar-refractivity contribution in [2.45, 2.75) is 10.3 Å². The predicted octanol–water partition coefficient (Wildman–Crippen LogP) is 1.95. The van der Waals surface area contributed by atoms with Crippen LogP contribution < -0.4 is 0 Å². The number of nitrogens with zero attached hydrogens (tertiary/aromatic N) is 2. The summed E-state index contributed by atoms with van der Waals surface area (Å²) in [4.78, 5) is 11.7. The van der Waals surface area contributed by atoms with Crippen molar-refractivity contribution in [1.82, 2.24) is 15.4 Å². The van der Waals surface area contributed by atoms with E-state index in [1.54, 1.807) is 18.2 Å². The number of aromatic nitrogens is 3. The van der Waals surface area contributed by atoms with E-state index in [1.165, 1.54) is 19.4 Å². The number of thioether (sulfide) groups is 1. The first-order chi connectivity index (χ1) is 8.72. The number of hydrogen-bond acceptors (Lipinski definition) is 5. The van der Waals surface area contributed by atoms with Gasteiger partial charge in [0.1, 0.15) is 16.1 Å². The maximum absolute atomic E-state index is 13.7. The van der Waals surface area contributed by atoms with Gasteiger partial charge in [0.05, 0.1) is 13.3 Å². The highest BCUT2D eigenvalue weighted by atomic mass is 32.2. The SMILES string of the molecule is COC(=O)[C@H](Sc1cn[nH]n1)c1ccccc1F. The van der Waals surface area contributed by atoms with Gasteiger partial charge in [-0.1, -0.05) is 30.0 Å². The van der Waals surface area contributed by atoms with Crippen molar-refractivity contribution in [2.75, 3.05) is 7.11 Å². The van der Waals surface area contributed by atoms with Gasteiger partial charge < -0.3 is 4.74 Å². The number of halogens is 1. The Labute approximate surface area is 107 Å². The van der Waals surface area contributed by atoms with E-state index >= 15 is 0 Å². The summed E-state index contributed by atoms with van der Waals surface area (Å²) in [5.41, 5.74) is 0.261. The molecule has 2 aromatic rings. The van der Waals surface area contributed by atoms with E-state index in [2.05, 4.69) is 20.1 Å². The van der Waals surface area contributed by atoms with Crippen LogP contribution in [0.1, 0.15) is 10.8 Å². The molecule has 1 N–H and O–H groups in total. The molecule has 0 unspecified atom stereocenters. The third kappa shape index (κ3) is 2.67. The molecule has 18 heavy (non-hydrogen) atoms. The van der Waals surface area contributed by atoms with Crippen molar-refractivity contribution in [2.24, 2.45) is 0 Å². The Morgan fingerprint density at radius 3 is 2.89 bits per heavy atom. The molecule has 1 aromatic heterocycles. The molecule has 0 radical (unpaired) electrons. The summed E-state index contributed by atoms with van der Waals surface area (Å²) in [7, 11) is 1.26. The largest absolute Gasteiger partial charge is 0.468 e. The van der Waals surface area contributed by atoms with Crippen LogP contribution >= 0.6 is 11.8 Å². The van der Waals surface area contributed by atoms with Crippen LogP contribution in [-0.4, -0.2) is 28.5 Å². The molecule has 7 heteroatoms. The second kappa shape index (κ2) is 5.63. The Morgan fingerprint density at radius 1 is 1.50 bits per heavy atom. The normalized spacial score (nSPS) is 12.1. The summed E-state index contributed by atoms with van der Waals surface area (Å²) >= 11 is 1.08. The van der Waals surface area contributed by atoms with Gasteiger partial charge in [0.2, 0.25) is 0 Å². The van der Waals surface area contributed by atoms with E-state index in [1.807, 2.05) is 0 Å². The van der Waals surface area contributed by atoms with Gasteiger partial charge in [-0.3, -0.25) is 4.79 Å². The zero-order valence-electron chi connectivity index (χ0n) is 9.46. The molecule has 0 aliphatic carbocycles. The Morgan fingerprint density at radius 2 is 2.28 bits per heavy atom. The molecule has 0 spiro atoms. The van der Waals surface area contributed by atoms with Crippen molar-refractivity contribution in [3.8, 4) is 0 Å². The number of carbonyl (C=O) groups excluding carboxylic acids is 1. The number of benzene rings is 1. The van der Waals surface area contributed by atoms with E-state index < -0.39 is 17.0 Å². The molecule has 0 bridgehead atoms. The van der Waals surface area contributed by atoms with E-state index in [9.17, 15) is 9.18 Å². The second-order valence-corrected chi connectivity index (χ2v) is 4.48. The second-order valence-electron chi connectivity index (χ2n) is 3.35. The molecule has 1 aromatic carbocycles. The van der Waals surface area contributed by atoms with Crippen molar-refractivity contribution in [1.29, 1.82) is 0 Å². The quantitative estimate of drug-likeness (QED) is 0.677. The summed E-state index contributed by atoms with van der Waals surface area (Å²) in [6.07, 6.45) is 1.46. The van der Waals surface area contributed by atoms with Gasteiger partial charge in [0.25, 0.3) is 0 Å². The monoisotopic (exact) mass is 267 g/mol. The third-order valence-corrected chi connectivity index (χ3v) is 3.35. The summed E-state index contributed by atoms with van der Waals surface area (Å²) in [5, 5.41) is 9.58. The first kappa shape index (κ1) is 12.6. The van der Waals surface area contributed by atoms with Gasteiger partial charge in [0, 0.05) is 5.56 Å². The fourth-order valence-corrected chi connectivity index (χ4v) is 2.36. The van der Waals surface area contributed by atoms with E-state index in [4.69, 9.17) is 0 Å². The van der Waals surface area contributed by atoms with Crippen LogP contribution in [0.25, 0.3) is 0 Å². The van der Waals surface area contributed by atoms with Crippen LogP contribution in [0.15, 0.2) is 35.5 Å². The van der Waals surface area contributed by atoms with E-state index in [0.29, 0.717) is 5.03 Å². The molecule has 0 amide bonds. The van der Waals surface area contributed by atoms with Gasteiger partial charge in [-0.05, 0) is 6.07 Å². The zero-order chi connectivity index (χ0) is 13.0. The maximum atomic E-state index is 13.7. The molecular formula is C11H10FN3O2S. The Bertz CT molecular complexity index is 533. The predicted molar refractivity (Wildman–Crippen MR) is 63.4 cm³/mol. The van der Waals surface area contributed by atoms with Crippen LogP contribution in [0.5, 0.6) is 0 Å². The molecule has 1 heterocycles. The van der Waals surface area contributed by atoms with Crippen molar-refractivity contribution in [3.05, 3.63) is 41.8 Å². The molecule has 0 saturated carbocycles. The first-order valence-electron chi connectivity index (χ1n) is 5.07. The van der Waals surface area contributed by atoms with Crippen molar-refractivity contribution in [3.63, 3.8) is 0 Å². The van der Waals surface area contributed by atoms with Gasteiger partial charge in [-0.25, -0.2) is 4.39 Å². The smallest absolute Gasteiger partial charge is 0.323 e. The van der Waals surface area contributed by atoms with Gasteiger partial charge in [-0.15, -0.1) is 5.10 Å². The van der Waals surface area contributed by atoms with Gasteiger partial charge in [-0.2, -0.15) is 10.3 Å². The van der Waals surface area contributed by atoms with Crippen LogP contribution in [0, 0.1) is 5.82 Å². The van der Waals surface area contributed by atoms with Crippen molar-refractivity contribution < 1.29 is 13.9 Å². The number of nitrogens with one attached hydrogen (secondary N) is 1. The van der Waals surface area contributed by atoms with Crippen LogP contribution in [0.2, 0.25) is 0 Å². The van der Waals surface area contributed by atoms with Gasteiger partial charge >= 0.3 is 5.97 Å². The molecule has 0 aliphatic rings. The van der Waals surface area contributed by atoms with Crippen LogP contribution in [-0.2, 0) is 9.53 Å². The highest BCUT2D eigenvalue weighted by Gasteiger charge is 2.26. The lowest BCUT2D eigenvalue weighted by atomic mass is 10.1. The lowest BCUT2D eigenvalue weighted by Crippen LogP contribution is -2.12. The number of esters is 1. The standard InChI is InChI=1S/C11H10FN3O2S/c1-17-11(16)10(18-9-6-13-15-14-9)7-4-2-3-5-8(7)12/h2-6,10H,1H3,(H,13,14,15)/t10-/m1/s1. The lowest BCUT2D eigenvalue weighted by molar-refractivity contribution is -0.140. The Kier molecular flexibility index (Phi) is 3.93. The van der Waals surface area contributed by atoms with E-state index in [-0.39, 0.29) is 5.56 Å². The summed E-state index contributed by atoms with van der Waals surface area (Å²) in [6, 6.07) is 6.07. The van der Waals surface area contributed by atoms with E-state index in [0.717, 1.165) is 11.8 Å². The zero-order valence-corrected chi connectivity index (χ0v) is 10.3. The number of H-pyrrole nitrogens is 1. The summed E-state index contributed by atoms with van der Waals surface area (Å²) < 4.78 is 18.4. The molecular weight excluding hydrogens is 257 g/mol. The molecule has 5 nitrogen and oxygen atoms in total. The number of rotatable bonds is 4. The minimum atomic E-state index is -0.804. The average molecular weight is 267 g/mol. The molecule has 1 atom stereocenters. The van der Waals surface area contributed by atoms with Crippen LogP contribution in [0.3, 0.4) is 0 Å². The Hall–Kier alpha value is -1.89. The minimum absolute atomic E-state index is 0.261. The average Bonchev–Trinajstić information content (AvgIpc) is 2.89. The lowest BCUT2D eigenvalue weighted by Gasteiger charge is -2.13. The fraction of sp³-hybridized carbons (Fsp3) is 0.182. The topological polar surface area (TPSA) is 67.9 Å². The van der Waals surface area contributed by atoms with Crippen LogP contribution in [0.4, 0.5) is 4.39 Å². The summed E-state index contributed by atoms with van der Waals surface area (Å²) in [5.74, 6) is -0.989. The number of aromatic amines is 1. The molecule has 0 saturated heterocycles. The number of methoxy groups -OCH3 is 1. The molecule has 0 aliphatic heterocycles. The number of ether oxygens (including phenoxy) is 1. The third-order valence-electron chi connectivity index (χ3n) is 2.23. The highest BCUT2D eigenvalue weighted by Crippen LogP contribution is 2.35. The van der Waals surface area contributed by atoms with Gasteiger partial charge in [0.15, 0.2) is 0 Å².